The first kappa shape index (κ1) is 15.2. The maximum atomic E-state index is 9.28. The van der Waals surface area contributed by atoms with Crippen LogP contribution in [0.4, 0.5) is 22.9 Å². The van der Waals surface area contributed by atoms with Crippen molar-refractivity contribution in [2.75, 3.05) is 23.1 Å². The fourth-order valence-corrected chi connectivity index (χ4v) is 2.63. The first-order chi connectivity index (χ1) is 12.3. The van der Waals surface area contributed by atoms with Crippen LogP contribution >= 0.6 is 0 Å². The number of hydrogen-bond donors (Lipinski definition) is 4. The van der Waals surface area contributed by atoms with Crippen LogP contribution in [-0.2, 0) is 0 Å². The van der Waals surface area contributed by atoms with Gasteiger partial charge in [-0.3, -0.25) is 0 Å². The van der Waals surface area contributed by atoms with Gasteiger partial charge in [0.1, 0.15) is 6.07 Å². The lowest BCUT2D eigenvalue weighted by atomic mass is 10.3. The highest BCUT2D eigenvalue weighted by atomic mass is 15.3. The van der Waals surface area contributed by atoms with Gasteiger partial charge in [-0.1, -0.05) is 6.07 Å². The summed E-state index contributed by atoms with van der Waals surface area (Å²) in [7, 11) is 1.81. The van der Waals surface area contributed by atoms with E-state index in [9.17, 15) is 5.26 Å². The summed E-state index contributed by atoms with van der Waals surface area (Å²) in [6.07, 6.45) is 3.85. The first-order valence-corrected chi connectivity index (χ1v) is 8.12. The number of anilines is 4. The molecular weight excluding hydrogens is 316 g/mol. The van der Waals surface area contributed by atoms with Gasteiger partial charge in [0.15, 0.2) is 17.2 Å². The van der Waals surface area contributed by atoms with Crippen LogP contribution in [0.1, 0.15) is 18.5 Å². The highest BCUT2D eigenvalue weighted by Crippen LogP contribution is 2.29. The van der Waals surface area contributed by atoms with Crippen LogP contribution in [0.15, 0.2) is 36.5 Å². The molecular formula is C17H18N8. The molecule has 4 rings (SSSR count). The van der Waals surface area contributed by atoms with E-state index in [0.29, 0.717) is 23.2 Å². The van der Waals surface area contributed by atoms with Gasteiger partial charge >= 0.3 is 0 Å². The van der Waals surface area contributed by atoms with Gasteiger partial charge < -0.3 is 16.1 Å². The summed E-state index contributed by atoms with van der Waals surface area (Å²) >= 11 is 0. The van der Waals surface area contributed by atoms with Crippen molar-refractivity contribution in [2.24, 2.45) is 0 Å². The lowest BCUT2D eigenvalue weighted by molar-refractivity contribution is 0.924. The lowest BCUT2D eigenvalue weighted by Gasteiger charge is -2.12. The predicted molar refractivity (Wildman–Crippen MR) is 96.8 cm³/mol. The number of hydrogen-bond acceptors (Lipinski definition) is 7. The average Bonchev–Trinajstić information content (AvgIpc) is 3.32. The van der Waals surface area contributed by atoms with Crippen molar-refractivity contribution in [3.63, 3.8) is 0 Å². The monoisotopic (exact) mass is 334 g/mol. The molecule has 0 amide bonds. The number of imidazole rings is 1. The highest BCUT2D eigenvalue weighted by Gasteiger charge is 2.23. The van der Waals surface area contributed by atoms with Crippen molar-refractivity contribution in [3.05, 3.63) is 42.2 Å². The number of hydrazine groups is 1. The van der Waals surface area contributed by atoms with Crippen molar-refractivity contribution >= 4 is 28.5 Å². The smallest absolute Gasteiger partial charge is 0.178 e. The largest absolute Gasteiger partial charge is 0.379 e. The number of benzene rings is 1. The number of rotatable bonds is 6. The second-order valence-corrected chi connectivity index (χ2v) is 5.93. The third-order valence-corrected chi connectivity index (χ3v) is 3.92. The van der Waals surface area contributed by atoms with Crippen LogP contribution in [0.5, 0.6) is 0 Å². The molecule has 1 fully saturated rings. The van der Waals surface area contributed by atoms with Crippen molar-refractivity contribution in [3.8, 4) is 6.07 Å². The van der Waals surface area contributed by atoms with Crippen LogP contribution in [0, 0.1) is 11.3 Å². The van der Waals surface area contributed by atoms with Gasteiger partial charge in [0.05, 0.1) is 17.6 Å². The van der Waals surface area contributed by atoms with E-state index < -0.39 is 0 Å². The Labute approximate surface area is 144 Å². The molecule has 0 atom stereocenters. The molecule has 4 N–H and O–H groups in total. The van der Waals surface area contributed by atoms with Gasteiger partial charge in [-0.2, -0.15) is 9.78 Å². The van der Waals surface area contributed by atoms with Crippen LogP contribution in [0.25, 0.3) is 5.65 Å². The van der Waals surface area contributed by atoms with Crippen molar-refractivity contribution in [1.82, 2.24) is 20.0 Å². The summed E-state index contributed by atoms with van der Waals surface area (Å²) in [5, 5.41) is 20.5. The lowest BCUT2D eigenvalue weighted by Crippen LogP contribution is -2.14. The maximum absolute atomic E-state index is 9.28. The van der Waals surface area contributed by atoms with Gasteiger partial charge in [-0.25, -0.2) is 10.4 Å². The minimum absolute atomic E-state index is 0.406. The van der Waals surface area contributed by atoms with E-state index in [1.165, 1.54) is 0 Å². The van der Waals surface area contributed by atoms with Gasteiger partial charge in [0.2, 0.25) is 0 Å². The molecule has 0 saturated heterocycles. The summed E-state index contributed by atoms with van der Waals surface area (Å²) in [5.41, 5.74) is 9.72. The fourth-order valence-electron chi connectivity index (χ4n) is 2.63. The molecule has 8 heteroatoms. The molecule has 1 aliphatic rings. The van der Waals surface area contributed by atoms with E-state index in [1.54, 1.807) is 10.7 Å². The zero-order chi connectivity index (χ0) is 17.2. The summed E-state index contributed by atoms with van der Waals surface area (Å²) in [4.78, 5) is 4.33. The van der Waals surface area contributed by atoms with Gasteiger partial charge in [-0.15, -0.1) is 5.10 Å². The molecule has 3 aromatic rings. The van der Waals surface area contributed by atoms with Crippen LogP contribution < -0.4 is 21.5 Å². The van der Waals surface area contributed by atoms with Gasteiger partial charge in [-0.05, 0) is 31.0 Å². The van der Waals surface area contributed by atoms with Crippen LogP contribution in [-0.4, -0.2) is 27.7 Å². The Morgan fingerprint density at radius 2 is 2.08 bits per heavy atom. The SMILES string of the molecule is CNNc1cccc(Nc2cc(NC3CC3)c3ncc(C#N)n3n2)c1. The molecule has 0 unspecified atom stereocenters. The summed E-state index contributed by atoms with van der Waals surface area (Å²) in [5.74, 6) is 0.645. The average molecular weight is 334 g/mol. The minimum atomic E-state index is 0.406. The Bertz CT molecular complexity index is 951. The van der Waals surface area contributed by atoms with Gasteiger partial charge in [0.25, 0.3) is 0 Å². The molecule has 0 radical (unpaired) electrons. The van der Waals surface area contributed by atoms with Crippen LogP contribution in [0.3, 0.4) is 0 Å². The normalized spacial score (nSPS) is 13.4. The van der Waals surface area contributed by atoms with E-state index >= 15 is 0 Å². The third kappa shape index (κ3) is 3.18. The summed E-state index contributed by atoms with van der Waals surface area (Å²) < 4.78 is 1.57. The first-order valence-electron chi connectivity index (χ1n) is 8.12. The molecule has 1 aliphatic carbocycles. The zero-order valence-corrected chi connectivity index (χ0v) is 13.7. The summed E-state index contributed by atoms with van der Waals surface area (Å²) in [6.45, 7) is 0. The Morgan fingerprint density at radius 1 is 1.24 bits per heavy atom. The van der Waals surface area contributed by atoms with Crippen molar-refractivity contribution in [1.29, 1.82) is 5.26 Å². The molecule has 0 spiro atoms. The Hall–Kier alpha value is -3.31. The predicted octanol–water partition coefficient (Wildman–Crippen LogP) is 2.47. The topological polar surface area (TPSA) is 102 Å². The Kier molecular flexibility index (Phi) is 3.84. The van der Waals surface area contributed by atoms with Crippen molar-refractivity contribution in [2.45, 2.75) is 18.9 Å². The second kappa shape index (κ2) is 6.30. The molecule has 2 aromatic heterocycles. The number of aromatic nitrogens is 3. The molecule has 8 nitrogen and oxygen atoms in total. The van der Waals surface area contributed by atoms with E-state index in [-0.39, 0.29) is 0 Å². The third-order valence-electron chi connectivity index (χ3n) is 3.92. The molecule has 0 bridgehead atoms. The Morgan fingerprint density at radius 3 is 2.84 bits per heavy atom. The summed E-state index contributed by atoms with van der Waals surface area (Å²) in [6, 6.07) is 12.4. The standard InChI is InChI=1S/C17H18N8/c1-19-23-13-4-2-3-12(7-13)22-16-8-15(21-11-5-6-11)17-20-10-14(9-18)25(17)24-16/h2-4,7-8,10-11,19,21,23H,5-6H2,1H3,(H,22,24). The molecule has 1 aromatic carbocycles. The Balaban J connectivity index is 1.71. The molecule has 2 heterocycles. The van der Waals surface area contributed by atoms with E-state index in [0.717, 1.165) is 29.9 Å². The van der Waals surface area contributed by atoms with E-state index in [4.69, 9.17) is 0 Å². The highest BCUT2D eigenvalue weighted by molar-refractivity contribution is 5.74. The molecule has 25 heavy (non-hydrogen) atoms. The van der Waals surface area contributed by atoms with Crippen molar-refractivity contribution < 1.29 is 0 Å². The number of nitrogens with one attached hydrogen (secondary N) is 4. The zero-order valence-electron chi connectivity index (χ0n) is 13.7. The van der Waals surface area contributed by atoms with E-state index in [1.807, 2.05) is 37.4 Å². The second-order valence-electron chi connectivity index (χ2n) is 5.93. The van der Waals surface area contributed by atoms with Gasteiger partial charge in [0, 0.05) is 24.8 Å². The van der Waals surface area contributed by atoms with E-state index in [2.05, 4.69) is 37.6 Å². The molecule has 126 valence electrons. The molecule has 1 saturated carbocycles. The molecule has 0 aliphatic heterocycles. The quantitative estimate of drug-likeness (QED) is 0.514. The van der Waals surface area contributed by atoms with Crippen LogP contribution in [0.2, 0.25) is 0 Å². The minimum Gasteiger partial charge on any atom is -0.379 e. The fraction of sp³-hybridized carbons (Fsp3) is 0.235. The number of fused-ring (bicyclic) bond motifs is 1. The number of nitrogens with zero attached hydrogens (tertiary/aromatic N) is 4. The number of nitriles is 1. The maximum Gasteiger partial charge on any atom is 0.178 e.